The van der Waals surface area contributed by atoms with Gasteiger partial charge in [0.05, 0.1) is 0 Å². The Hall–Kier alpha value is -0.900. The van der Waals surface area contributed by atoms with Crippen molar-refractivity contribution in [2.45, 2.75) is 44.3 Å². The molecule has 110 valence electrons. The molecule has 3 nitrogen and oxygen atoms in total. The van der Waals surface area contributed by atoms with E-state index in [9.17, 15) is 0 Å². The lowest BCUT2D eigenvalue weighted by Gasteiger charge is -2.31. The fraction of sp³-hybridized carbons (Fsp3) is 0.647. The van der Waals surface area contributed by atoms with Crippen LogP contribution in [0.15, 0.2) is 30.3 Å². The third kappa shape index (κ3) is 2.90. The summed E-state index contributed by atoms with van der Waals surface area (Å²) in [5.74, 6) is 0. The molecule has 0 amide bonds. The number of nitrogens with zero attached hydrogens (tertiary/aromatic N) is 2. The molecular formula is C17H27N3. The van der Waals surface area contributed by atoms with Crippen LogP contribution in [0.2, 0.25) is 0 Å². The number of nitrogens with two attached hydrogens (primary N) is 1. The molecule has 1 aromatic carbocycles. The second kappa shape index (κ2) is 6.25. The normalized spacial score (nSPS) is 27.8. The molecule has 0 aliphatic carbocycles. The Morgan fingerprint density at radius 1 is 1.10 bits per heavy atom. The van der Waals surface area contributed by atoms with Crippen molar-refractivity contribution in [3.8, 4) is 0 Å². The Kier molecular flexibility index (Phi) is 4.39. The number of rotatable bonds is 4. The largest absolute Gasteiger partial charge is 0.323 e. The maximum Gasteiger partial charge on any atom is 0.0450 e. The van der Waals surface area contributed by atoms with E-state index in [1.807, 2.05) is 0 Å². The van der Waals surface area contributed by atoms with Crippen LogP contribution < -0.4 is 5.73 Å². The van der Waals surface area contributed by atoms with Gasteiger partial charge < -0.3 is 5.73 Å². The number of likely N-dealkylation sites (tertiary alicyclic amines) is 2. The van der Waals surface area contributed by atoms with E-state index in [0.717, 1.165) is 6.04 Å². The molecule has 3 atom stereocenters. The van der Waals surface area contributed by atoms with E-state index >= 15 is 0 Å². The Balaban J connectivity index is 1.59. The molecular weight excluding hydrogens is 246 g/mol. The Labute approximate surface area is 122 Å². The average Bonchev–Trinajstić information content (AvgIpc) is 3.17. The van der Waals surface area contributed by atoms with E-state index in [0.29, 0.717) is 6.04 Å². The molecule has 2 N–H and O–H groups in total. The van der Waals surface area contributed by atoms with E-state index in [1.165, 1.54) is 51.0 Å². The van der Waals surface area contributed by atoms with Crippen molar-refractivity contribution in [2.75, 3.05) is 26.2 Å². The van der Waals surface area contributed by atoms with Crippen LogP contribution >= 0.6 is 0 Å². The molecule has 2 fully saturated rings. The van der Waals surface area contributed by atoms with Gasteiger partial charge in [0.2, 0.25) is 0 Å². The van der Waals surface area contributed by atoms with Crippen LogP contribution in [0.5, 0.6) is 0 Å². The molecule has 0 aromatic heterocycles. The molecule has 3 unspecified atom stereocenters. The fourth-order valence-corrected chi connectivity index (χ4v) is 3.72. The lowest BCUT2D eigenvalue weighted by molar-refractivity contribution is 0.191. The van der Waals surface area contributed by atoms with Gasteiger partial charge in [0.15, 0.2) is 0 Å². The quantitative estimate of drug-likeness (QED) is 0.913. The zero-order chi connectivity index (χ0) is 13.9. The summed E-state index contributed by atoms with van der Waals surface area (Å²) in [5, 5.41) is 0. The van der Waals surface area contributed by atoms with Crippen molar-refractivity contribution in [2.24, 2.45) is 5.73 Å². The number of hydrogen-bond donors (Lipinski definition) is 1. The van der Waals surface area contributed by atoms with E-state index in [1.54, 1.807) is 0 Å². The minimum atomic E-state index is 0.119. The van der Waals surface area contributed by atoms with Crippen molar-refractivity contribution in [3.63, 3.8) is 0 Å². The predicted molar refractivity (Wildman–Crippen MR) is 83.6 cm³/mol. The van der Waals surface area contributed by atoms with Crippen molar-refractivity contribution in [3.05, 3.63) is 35.9 Å². The monoisotopic (exact) mass is 273 g/mol. The van der Waals surface area contributed by atoms with Gasteiger partial charge in [0.1, 0.15) is 0 Å². The Morgan fingerprint density at radius 3 is 2.50 bits per heavy atom. The molecule has 0 radical (unpaired) electrons. The zero-order valence-corrected chi connectivity index (χ0v) is 12.5. The topological polar surface area (TPSA) is 32.5 Å². The van der Waals surface area contributed by atoms with Gasteiger partial charge in [-0.15, -0.1) is 0 Å². The van der Waals surface area contributed by atoms with Crippen LogP contribution in [-0.4, -0.2) is 48.1 Å². The van der Waals surface area contributed by atoms with Gasteiger partial charge in [-0.2, -0.15) is 0 Å². The summed E-state index contributed by atoms with van der Waals surface area (Å²) >= 11 is 0. The molecule has 2 saturated heterocycles. The first-order chi connectivity index (χ1) is 9.75. The van der Waals surface area contributed by atoms with Gasteiger partial charge in [0.25, 0.3) is 0 Å². The summed E-state index contributed by atoms with van der Waals surface area (Å²) < 4.78 is 0. The third-order valence-corrected chi connectivity index (χ3v) is 5.13. The van der Waals surface area contributed by atoms with Gasteiger partial charge in [-0.3, -0.25) is 9.80 Å². The van der Waals surface area contributed by atoms with Gasteiger partial charge in [0, 0.05) is 31.2 Å². The van der Waals surface area contributed by atoms with Gasteiger partial charge in [-0.1, -0.05) is 30.3 Å². The molecule has 2 heterocycles. The Morgan fingerprint density at radius 2 is 1.80 bits per heavy atom. The highest BCUT2D eigenvalue weighted by atomic mass is 15.3. The number of hydrogen-bond acceptors (Lipinski definition) is 3. The van der Waals surface area contributed by atoms with Gasteiger partial charge >= 0.3 is 0 Å². The van der Waals surface area contributed by atoms with E-state index < -0.39 is 0 Å². The van der Waals surface area contributed by atoms with Crippen molar-refractivity contribution >= 4 is 0 Å². The molecule has 2 aliphatic heterocycles. The lowest BCUT2D eigenvalue weighted by atomic mass is 10.0. The van der Waals surface area contributed by atoms with Crippen molar-refractivity contribution < 1.29 is 0 Å². The molecule has 3 rings (SSSR count). The summed E-state index contributed by atoms with van der Waals surface area (Å²) in [5.41, 5.74) is 7.72. The minimum Gasteiger partial charge on any atom is -0.323 e. The number of benzene rings is 1. The molecule has 20 heavy (non-hydrogen) atoms. The molecule has 2 aliphatic rings. The SMILES string of the molecule is CC(C(N)c1ccccc1)N1CCC(N2CCCC2)C1. The second-order valence-corrected chi connectivity index (χ2v) is 6.36. The molecule has 3 heteroatoms. The summed E-state index contributed by atoms with van der Waals surface area (Å²) in [6, 6.07) is 11.8. The smallest absolute Gasteiger partial charge is 0.0450 e. The van der Waals surface area contributed by atoms with Crippen molar-refractivity contribution in [1.82, 2.24) is 9.80 Å². The van der Waals surface area contributed by atoms with E-state index in [4.69, 9.17) is 5.73 Å². The third-order valence-electron chi connectivity index (χ3n) is 5.13. The zero-order valence-electron chi connectivity index (χ0n) is 12.5. The predicted octanol–water partition coefficient (Wildman–Crippen LogP) is 2.25. The van der Waals surface area contributed by atoms with Crippen LogP contribution in [-0.2, 0) is 0 Å². The molecule has 0 spiro atoms. The average molecular weight is 273 g/mol. The van der Waals surface area contributed by atoms with Crippen LogP contribution in [0.1, 0.15) is 37.8 Å². The maximum atomic E-state index is 6.46. The van der Waals surface area contributed by atoms with E-state index in [-0.39, 0.29) is 6.04 Å². The molecule has 0 bridgehead atoms. The highest BCUT2D eigenvalue weighted by Gasteiger charge is 2.33. The van der Waals surface area contributed by atoms with Crippen LogP contribution in [0, 0.1) is 0 Å². The van der Waals surface area contributed by atoms with E-state index in [2.05, 4.69) is 47.1 Å². The first kappa shape index (κ1) is 14.1. The standard InChI is InChI=1S/C17H27N3/c1-14(17(18)15-7-3-2-4-8-15)20-12-9-16(13-20)19-10-5-6-11-19/h2-4,7-8,14,16-17H,5-6,9-13,18H2,1H3. The van der Waals surface area contributed by atoms with Crippen LogP contribution in [0.4, 0.5) is 0 Å². The lowest BCUT2D eigenvalue weighted by Crippen LogP contribution is -2.42. The van der Waals surface area contributed by atoms with Gasteiger partial charge in [-0.25, -0.2) is 0 Å². The second-order valence-electron chi connectivity index (χ2n) is 6.36. The molecule has 0 saturated carbocycles. The highest BCUT2D eigenvalue weighted by molar-refractivity contribution is 5.20. The summed E-state index contributed by atoms with van der Waals surface area (Å²) in [6.07, 6.45) is 4.08. The molecule has 1 aromatic rings. The van der Waals surface area contributed by atoms with Crippen LogP contribution in [0.3, 0.4) is 0 Å². The summed E-state index contributed by atoms with van der Waals surface area (Å²) in [4.78, 5) is 5.27. The highest BCUT2D eigenvalue weighted by Crippen LogP contribution is 2.26. The summed E-state index contributed by atoms with van der Waals surface area (Å²) in [6.45, 7) is 7.28. The Bertz CT molecular complexity index is 414. The first-order valence-electron chi connectivity index (χ1n) is 8.04. The van der Waals surface area contributed by atoms with Crippen LogP contribution in [0.25, 0.3) is 0 Å². The minimum absolute atomic E-state index is 0.119. The first-order valence-corrected chi connectivity index (χ1v) is 8.04. The van der Waals surface area contributed by atoms with Crippen molar-refractivity contribution in [1.29, 1.82) is 0 Å². The fourth-order valence-electron chi connectivity index (χ4n) is 3.72. The maximum absolute atomic E-state index is 6.46. The summed E-state index contributed by atoms with van der Waals surface area (Å²) in [7, 11) is 0. The van der Waals surface area contributed by atoms with Gasteiger partial charge in [-0.05, 0) is 44.8 Å².